The topological polar surface area (TPSA) is 81.4 Å². The van der Waals surface area contributed by atoms with Crippen molar-refractivity contribution in [2.45, 2.75) is 6.92 Å². The monoisotopic (exact) mass is 406 g/mol. The Balaban J connectivity index is 1.61. The van der Waals surface area contributed by atoms with Gasteiger partial charge >= 0.3 is 5.97 Å². The molecule has 0 bridgehead atoms. The molecule has 0 fully saturated rings. The van der Waals surface area contributed by atoms with Gasteiger partial charge in [-0.05, 0) is 54.6 Å². The lowest BCUT2D eigenvalue weighted by molar-refractivity contribution is -0.131. The highest BCUT2D eigenvalue weighted by Crippen LogP contribution is 2.31. The molecule has 0 saturated carbocycles. The smallest absolute Gasteiger partial charge is 0.308 e. The van der Waals surface area contributed by atoms with Crippen LogP contribution in [0.25, 0.3) is 22.6 Å². The van der Waals surface area contributed by atoms with Gasteiger partial charge in [0.05, 0.1) is 11.3 Å². The number of nitrogens with one attached hydrogen (secondary N) is 1. The minimum atomic E-state index is -0.421. The number of benzene rings is 3. The number of carbonyl (C=O) groups excluding carboxylic acids is 2. The van der Waals surface area contributed by atoms with Crippen molar-refractivity contribution in [3.05, 3.63) is 77.3 Å². The van der Waals surface area contributed by atoms with E-state index in [1.54, 1.807) is 48.5 Å². The molecule has 0 spiro atoms. The summed E-state index contributed by atoms with van der Waals surface area (Å²) in [5, 5.41) is 3.43. The number of ether oxygens (including phenoxy) is 1. The Hall–Kier alpha value is -3.64. The van der Waals surface area contributed by atoms with Crippen molar-refractivity contribution in [3.63, 3.8) is 0 Å². The van der Waals surface area contributed by atoms with Crippen LogP contribution in [0.1, 0.15) is 17.3 Å². The minimum absolute atomic E-state index is 0.314. The van der Waals surface area contributed by atoms with Gasteiger partial charge in [-0.1, -0.05) is 23.7 Å². The molecule has 0 radical (unpaired) electrons. The van der Waals surface area contributed by atoms with Crippen LogP contribution < -0.4 is 10.1 Å². The summed E-state index contributed by atoms with van der Waals surface area (Å²) in [5.74, 6) is 0.0182. The summed E-state index contributed by atoms with van der Waals surface area (Å²) in [5.41, 5.74) is 2.85. The predicted octanol–water partition coefficient (Wildman–Crippen LogP) is 5.33. The molecular weight excluding hydrogens is 392 g/mol. The standard InChI is InChI=1S/C22H15ClN2O4/c1-13(26)28-16-9-6-14(7-10-16)21(27)24-18-5-3-2-4-17(18)22-25-19-12-15(23)8-11-20(19)29-22/h2-12H,1H3,(H,24,27). The zero-order valence-electron chi connectivity index (χ0n) is 15.3. The second-order valence-electron chi connectivity index (χ2n) is 6.25. The van der Waals surface area contributed by atoms with Gasteiger partial charge in [0, 0.05) is 17.5 Å². The highest BCUT2D eigenvalue weighted by Gasteiger charge is 2.15. The zero-order valence-corrected chi connectivity index (χ0v) is 16.1. The summed E-state index contributed by atoms with van der Waals surface area (Å²) in [6.07, 6.45) is 0. The lowest BCUT2D eigenvalue weighted by atomic mass is 10.1. The number of aromatic nitrogens is 1. The maximum Gasteiger partial charge on any atom is 0.308 e. The molecule has 1 heterocycles. The van der Waals surface area contributed by atoms with Crippen molar-refractivity contribution in [2.75, 3.05) is 5.32 Å². The molecule has 1 N–H and O–H groups in total. The minimum Gasteiger partial charge on any atom is -0.436 e. The Bertz CT molecular complexity index is 1220. The normalized spacial score (nSPS) is 10.7. The van der Waals surface area contributed by atoms with E-state index in [-0.39, 0.29) is 5.91 Å². The van der Waals surface area contributed by atoms with E-state index in [0.29, 0.717) is 44.6 Å². The number of esters is 1. The maximum atomic E-state index is 12.7. The molecule has 29 heavy (non-hydrogen) atoms. The molecule has 0 saturated heterocycles. The second-order valence-corrected chi connectivity index (χ2v) is 6.69. The Morgan fingerprint density at radius 3 is 2.55 bits per heavy atom. The fourth-order valence-corrected chi connectivity index (χ4v) is 3.00. The molecule has 144 valence electrons. The van der Waals surface area contributed by atoms with Crippen LogP contribution >= 0.6 is 11.6 Å². The molecule has 1 amide bonds. The van der Waals surface area contributed by atoms with Crippen LogP contribution in [-0.4, -0.2) is 16.9 Å². The Morgan fingerprint density at radius 2 is 1.79 bits per heavy atom. The zero-order chi connectivity index (χ0) is 20.4. The van der Waals surface area contributed by atoms with E-state index >= 15 is 0 Å². The van der Waals surface area contributed by atoms with E-state index in [9.17, 15) is 9.59 Å². The number of hydrogen-bond donors (Lipinski definition) is 1. The van der Waals surface area contributed by atoms with Gasteiger partial charge < -0.3 is 14.5 Å². The largest absolute Gasteiger partial charge is 0.436 e. The van der Waals surface area contributed by atoms with Crippen LogP contribution in [0.3, 0.4) is 0 Å². The van der Waals surface area contributed by atoms with Gasteiger partial charge in [0.1, 0.15) is 11.3 Å². The lowest BCUT2D eigenvalue weighted by Gasteiger charge is -2.09. The summed E-state index contributed by atoms with van der Waals surface area (Å²) < 4.78 is 10.8. The van der Waals surface area contributed by atoms with E-state index in [4.69, 9.17) is 20.8 Å². The van der Waals surface area contributed by atoms with E-state index in [0.717, 1.165) is 0 Å². The molecule has 4 aromatic rings. The van der Waals surface area contributed by atoms with E-state index in [1.807, 2.05) is 18.2 Å². The van der Waals surface area contributed by atoms with Crippen molar-refractivity contribution in [2.24, 2.45) is 0 Å². The van der Waals surface area contributed by atoms with Gasteiger partial charge in [-0.3, -0.25) is 9.59 Å². The molecule has 4 rings (SSSR count). The van der Waals surface area contributed by atoms with E-state index < -0.39 is 5.97 Å². The number of anilines is 1. The molecule has 1 aromatic heterocycles. The van der Waals surface area contributed by atoms with Crippen LogP contribution in [0.2, 0.25) is 5.02 Å². The maximum absolute atomic E-state index is 12.7. The van der Waals surface area contributed by atoms with Gasteiger partial charge in [0.15, 0.2) is 5.58 Å². The van der Waals surface area contributed by atoms with Crippen LogP contribution in [0, 0.1) is 0 Å². The van der Waals surface area contributed by atoms with Crippen molar-refractivity contribution in [3.8, 4) is 17.2 Å². The highest BCUT2D eigenvalue weighted by molar-refractivity contribution is 6.31. The molecule has 0 atom stereocenters. The molecule has 0 aliphatic carbocycles. The highest BCUT2D eigenvalue weighted by atomic mass is 35.5. The predicted molar refractivity (Wildman–Crippen MR) is 110 cm³/mol. The van der Waals surface area contributed by atoms with Crippen LogP contribution in [0.5, 0.6) is 5.75 Å². The number of amides is 1. The SMILES string of the molecule is CC(=O)Oc1ccc(C(=O)Nc2ccccc2-c2nc3cc(Cl)ccc3o2)cc1. The van der Waals surface area contributed by atoms with Gasteiger partial charge in [-0.15, -0.1) is 0 Å². The number of halogens is 1. The molecule has 0 unspecified atom stereocenters. The number of oxazole rings is 1. The van der Waals surface area contributed by atoms with Gasteiger partial charge in [-0.2, -0.15) is 0 Å². The van der Waals surface area contributed by atoms with E-state index in [2.05, 4.69) is 10.3 Å². The average Bonchev–Trinajstić information content (AvgIpc) is 3.11. The number of rotatable bonds is 4. The first-order valence-corrected chi connectivity index (χ1v) is 9.13. The van der Waals surface area contributed by atoms with Crippen molar-refractivity contribution in [1.29, 1.82) is 0 Å². The van der Waals surface area contributed by atoms with Crippen molar-refractivity contribution in [1.82, 2.24) is 4.98 Å². The van der Waals surface area contributed by atoms with Crippen molar-refractivity contribution >= 4 is 40.3 Å². The first kappa shape index (κ1) is 18.7. The molecular formula is C22H15ClN2O4. The molecule has 7 heteroatoms. The Morgan fingerprint density at radius 1 is 1.03 bits per heavy atom. The number of nitrogens with zero attached hydrogens (tertiary/aromatic N) is 1. The van der Waals surface area contributed by atoms with Crippen LogP contribution in [0.4, 0.5) is 5.69 Å². The summed E-state index contributed by atoms with van der Waals surface area (Å²) in [7, 11) is 0. The third-order valence-corrected chi connectivity index (χ3v) is 4.37. The third-order valence-electron chi connectivity index (χ3n) is 4.13. The van der Waals surface area contributed by atoms with Gasteiger partial charge in [-0.25, -0.2) is 4.98 Å². The molecule has 3 aromatic carbocycles. The summed E-state index contributed by atoms with van der Waals surface area (Å²) in [4.78, 5) is 28.1. The first-order chi connectivity index (χ1) is 14.0. The average molecular weight is 407 g/mol. The number of carbonyl (C=O) groups is 2. The van der Waals surface area contributed by atoms with Crippen LogP contribution in [-0.2, 0) is 4.79 Å². The summed E-state index contributed by atoms with van der Waals surface area (Å²) in [6.45, 7) is 1.32. The molecule has 6 nitrogen and oxygen atoms in total. The fraction of sp³-hybridized carbons (Fsp3) is 0.0455. The third kappa shape index (κ3) is 4.12. The first-order valence-electron chi connectivity index (χ1n) is 8.75. The molecule has 0 aliphatic heterocycles. The quantitative estimate of drug-likeness (QED) is 0.366. The Kier molecular flexibility index (Phi) is 5.01. The molecule has 0 aliphatic rings. The Labute approximate surface area is 171 Å². The second kappa shape index (κ2) is 7.77. The number of hydrogen-bond acceptors (Lipinski definition) is 5. The van der Waals surface area contributed by atoms with Crippen LogP contribution in [0.15, 0.2) is 71.1 Å². The number of fused-ring (bicyclic) bond motifs is 1. The lowest BCUT2D eigenvalue weighted by Crippen LogP contribution is -2.12. The van der Waals surface area contributed by atoms with Gasteiger partial charge in [0.2, 0.25) is 5.89 Å². The summed E-state index contributed by atoms with van der Waals surface area (Å²) >= 11 is 6.01. The van der Waals surface area contributed by atoms with E-state index in [1.165, 1.54) is 6.92 Å². The number of para-hydroxylation sites is 1. The van der Waals surface area contributed by atoms with Gasteiger partial charge in [0.25, 0.3) is 5.91 Å². The fourth-order valence-electron chi connectivity index (χ4n) is 2.83. The van der Waals surface area contributed by atoms with Crippen molar-refractivity contribution < 1.29 is 18.7 Å². The summed E-state index contributed by atoms with van der Waals surface area (Å²) in [6, 6.07) is 18.7.